The molecule has 0 aliphatic heterocycles. The van der Waals surface area contributed by atoms with Crippen molar-refractivity contribution in [2.45, 2.75) is 0 Å². The van der Waals surface area contributed by atoms with Crippen molar-refractivity contribution < 1.29 is 0 Å². The van der Waals surface area contributed by atoms with Crippen molar-refractivity contribution in [3.05, 3.63) is 255 Å². The molecule has 0 fully saturated rings. The van der Waals surface area contributed by atoms with Crippen LogP contribution in [0.1, 0.15) is 0 Å². The van der Waals surface area contributed by atoms with Crippen LogP contribution in [0.2, 0.25) is 0 Å². The Balaban J connectivity index is 1.02. The lowest BCUT2D eigenvalue weighted by molar-refractivity contribution is 1.29. The summed E-state index contributed by atoms with van der Waals surface area (Å²) in [5, 5.41) is 4.71. The Morgan fingerprint density at radius 3 is 1.01 bits per heavy atom. The second kappa shape index (κ2) is 18.0. The van der Waals surface area contributed by atoms with Crippen molar-refractivity contribution in [2.24, 2.45) is 0 Å². The third-order valence-electron chi connectivity index (χ3n) is 13.3. The Kier molecular flexibility index (Phi) is 10.6. The molecule has 2 heterocycles. The van der Waals surface area contributed by atoms with E-state index in [1.807, 2.05) is 12.1 Å². The largest absolute Gasteiger partial charge is 0.310 e. The summed E-state index contributed by atoms with van der Waals surface area (Å²) in [6, 6.07) is 89.5. The molecule has 0 amide bonds. The van der Waals surface area contributed by atoms with Gasteiger partial charge in [-0.15, -0.1) is 0 Å². The Morgan fingerprint density at radius 1 is 0.268 bits per heavy atom. The van der Waals surface area contributed by atoms with Crippen molar-refractivity contribution in [3.8, 4) is 44.8 Å². The van der Waals surface area contributed by atoms with Gasteiger partial charge in [0.2, 0.25) is 0 Å². The molecule has 0 unspecified atom stereocenters. The maximum atomic E-state index is 5.71. The van der Waals surface area contributed by atoms with E-state index in [0.29, 0.717) is 0 Å². The molecule has 0 N–H and O–H groups in total. The minimum absolute atomic E-state index is 0.756. The summed E-state index contributed by atoms with van der Waals surface area (Å²) in [5.74, 6) is 0. The number of para-hydroxylation sites is 2. The minimum Gasteiger partial charge on any atom is -0.310 e. The molecule has 0 aliphatic rings. The first-order valence-corrected chi connectivity index (χ1v) is 24.5. The number of rotatable bonds is 10. The first-order valence-electron chi connectivity index (χ1n) is 23.7. The highest BCUT2D eigenvalue weighted by molar-refractivity contribution is 7.00. The minimum atomic E-state index is 0.756. The van der Waals surface area contributed by atoms with Crippen molar-refractivity contribution in [3.63, 3.8) is 0 Å². The number of benzene rings is 11. The molecule has 0 atom stereocenters. The second-order valence-corrected chi connectivity index (χ2v) is 18.0. The van der Waals surface area contributed by atoms with E-state index in [1.165, 1.54) is 33.3 Å². The highest BCUT2D eigenvalue weighted by Crippen LogP contribution is 2.47. The van der Waals surface area contributed by atoms with Crippen LogP contribution in [0.15, 0.2) is 255 Å². The molecule has 0 spiro atoms. The molecular formula is C64H42N6S. The number of nitrogens with zero attached hydrogens (tertiary/aromatic N) is 6. The quantitative estimate of drug-likeness (QED) is 0.136. The average molecular weight is 927 g/mol. The normalized spacial score (nSPS) is 11.4. The zero-order valence-corrected chi connectivity index (χ0v) is 39.2. The van der Waals surface area contributed by atoms with Crippen LogP contribution in [0.3, 0.4) is 0 Å². The van der Waals surface area contributed by atoms with Crippen LogP contribution in [0.4, 0.5) is 34.1 Å². The molecule has 13 aromatic rings. The SMILES string of the molecule is c1ccc(-c2nc3c(-c4ccc(N(c5ccccc5)c5cccc6ccccc56)cc4)c4nsnc4c(-c4ccc(N(c5ccccc5)c5cccc6ccccc56)cc4)c3nc2-c2ccccc2)cc1. The van der Waals surface area contributed by atoms with Gasteiger partial charge in [-0.1, -0.05) is 194 Å². The highest BCUT2D eigenvalue weighted by Gasteiger charge is 2.26. The van der Waals surface area contributed by atoms with Crippen molar-refractivity contribution >= 4 is 89.5 Å². The van der Waals surface area contributed by atoms with Crippen LogP contribution in [0, 0.1) is 0 Å². The molecule has 0 radical (unpaired) electrons. The van der Waals surface area contributed by atoms with Crippen LogP contribution in [0.25, 0.3) is 88.4 Å². The van der Waals surface area contributed by atoms with E-state index in [2.05, 4.69) is 252 Å². The highest BCUT2D eigenvalue weighted by atomic mass is 32.1. The van der Waals surface area contributed by atoms with Gasteiger partial charge in [0.05, 0.1) is 34.5 Å². The van der Waals surface area contributed by atoms with Gasteiger partial charge >= 0.3 is 0 Å². The molecule has 0 saturated heterocycles. The first-order chi connectivity index (χ1) is 35.2. The standard InChI is InChI=1S/C64H42N6S/c1-5-21-47(22-6-1)59-60(48-23-7-2-8-24-48)66-62-58(46-37-41-52(42-38-46)70(50-29-11-4-12-30-50)56-34-18-26-44-20-14-16-32-54(44)56)64-63(67-71-68-64)57(61(62)65-59)45-35-39-51(40-36-45)69(49-27-9-3-10-28-49)55-33-17-25-43-19-13-15-31-53(43)55/h1-42H. The van der Waals surface area contributed by atoms with Crippen LogP contribution in [-0.2, 0) is 0 Å². The Morgan fingerprint density at radius 2 is 0.606 bits per heavy atom. The van der Waals surface area contributed by atoms with Crippen LogP contribution in [0.5, 0.6) is 0 Å². The van der Waals surface area contributed by atoms with Gasteiger partial charge in [-0.2, -0.15) is 8.75 Å². The fourth-order valence-electron chi connectivity index (χ4n) is 10.0. The third-order valence-corrected chi connectivity index (χ3v) is 13.8. The molecule has 13 rings (SSSR count). The fourth-order valence-corrected chi connectivity index (χ4v) is 10.6. The van der Waals surface area contributed by atoms with Gasteiger partial charge in [0, 0.05) is 55.8 Å². The van der Waals surface area contributed by atoms with Gasteiger partial charge in [-0.05, 0) is 82.6 Å². The summed E-state index contributed by atoms with van der Waals surface area (Å²) < 4.78 is 10.2. The molecule has 0 bridgehead atoms. The van der Waals surface area contributed by atoms with E-state index in [0.717, 1.165) is 101 Å². The van der Waals surface area contributed by atoms with E-state index < -0.39 is 0 Å². The van der Waals surface area contributed by atoms with E-state index in [4.69, 9.17) is 18.7 Å². The van der Waals surface area contributed by atoms with Crippen LogP contribution < -0.4 is 9.80 Å². The topological polar surface area (TPSA) is 58.0 Å². The predicted octanol–water partition coefficient (Wildman–Crippen LogP) is 17.5. The van der Waals surface area contributed by atoms with E-state index in [-0.39, 0.29) is 0 Å². The number of aromatic nitrogens is 4. The molecule has 2 aromatic heterocycles. The molecule has 71 heavy (non-hydrogen) atoms. The van der Waals surface area contributed by atoms with Crippen molar-refractivity contribution in [2.75, 3.05) is 9.80 Å². The smallest absolute Gasteiger partial charge is 0.115 e. The van der Waals surface area contributed by atoms with Crippen LogP contribution in [-0.4, -0.2) is 18.7 Å². The van der Waals surface area contributed by atoms with Gasteiger partial charge in [-0.3, -0.25) is 0 Å². The average Bonchev–Trinajstić information content (AvgIpc) is 3.93. The number of hydrogen-bond acceptors (Lipinski definition) is 7. The van der Waals surface area contributed by atoms with Crippen molar-refractivity contribution in [1.29, 1.82) is 0 Å². The first kappa shape index (κ1) is 41.9. The number of anilines is 6. The number of hydrogen-bond donors (Lipinski definition) is 0. The summed E-state index contributed by atoms with van der Waals surface area (Å²) in [7, 11) is 0. The molecule has 7 heteroatoms. The monoisotopic (exact) mass is 926 g/mol. The van der Waals surface area contributed by atoms with Gasteiger partial charge < -0.3 is 9.80 Å². The van der Waals surface area contributed by atoms with Crippen LogP contribution >= 0.6 is 11.7 Å². The lowest BCUT2D eigenvalue weighted by Crippen LogP contribution is -2.10. The maximum absolute atomic E-state index is 5.71. The van der Waals surface area contributed by atoms with E-state index in [1.54, 1.807) is 0 Å². The molecule has 334 valence electrons. The predicted molar refractivity (Wildman–Crippen MR) is 297 cm³/mol. The van der Waals surface area contributed by atoms with E-state index >= 15 is 0 Å². The maximum Gasteiger partial charge on any atom is 0.115 e. The van der Waals surface area contributed by atoms with E-state index in [9.17, 15) is 0 Å². The van der Waals surface area contributed by atoms with Gasteiger partial charge in [-0.25, -0.2) is 9.97 Å². The van der Waals surface area contributed by atoms with Gasteiger partial charge in [0.1, 0.15) is 22.1 Å². The zero-order valence-electron chi connectivity index (χ0n) is 38.3. The lowest BCUT2D eigenvalue weighted by Gasteiger charge is -2.27. The summed E-state index contributed by atoms with van der Waals surface area (Å²) in [4.78, 5) is 16.1. The Bertz CT molecular complexity index is 3760. The Hall–Kier alpha value is -9.30. The summed E-state index contributed by atoms with van der Waals surface area (Å²) in [6.07, 6.45) is 0. The Labute approximate surface area is 415 Å². The zero-order chi connectivity index (χ0) is 47.1. The molecule has 0 aliphatic carbocycles. The summed E-state index contributed by atoms with van der Waals surface area (Å²) in [5.41, 5.74) is 16.8. The summed E-state index contributed by atoms with van der Waals surface area (Å²) >= 11 is 1.22. The molecular weight excluding hydrogens is 885 g/mol. The fraction of sp³-hybridized carbons (Fsp3) is 0. The van der Waals surface area contributed by atoms with Gasteiger partial charge in [0.25, 0.3) is 0 Å². The molecule has 6 nitrogen and oxygen atoms in total. The van der Waals surface area contributed by atoms with Gasteiger partial charge in [0.15, 0.2) is 0 Å². The third kappa shape index (κ3) is 7.53. The summed E-state index contributed by atoms with van der Waals surface area (Å²) in [6.45, 7) is 0. The second-order valence-electron chi connectivity index (χ2n) is 17.5. The van der Waals surface area contributed by atoms with Crippen molar-refractivity contribution in [1.82, 2.24) is 18.7 Å². The molecule has 11 aromatic carbocycles. The number of fused-ring (bicyclic) bond motifs is 4. The molecule has 0 saturated carbocycles. The lowest BCUT2D eigenvalue weighted by atomic mass is 9.93.